The number of fused-ring (bicyclic) bond motifs is 1. The summed E-state index contributed by atoms with van der Waals surface area (Å²) in [4.78, 5) is 10.6. The van der Waals surface area contributed by atoms with Crippen molar-refractivity contribution < 1.29 is 14.4 Å². The third-order valence-electron chi connectivity index (χ3n) is 3.66. The lowest BCUT2D eigenvalue weighted by Gasteiger charge is -2.15. The number of allylic oxidation sites excluding steroid dienone is 1. The summed E-state index contributed by atoms with van der Waals surface area (Å²) in [6.07, 6.45) is 4.98. The number of aryl methyl sites for hydroxylation is 1. The molecule has 0 atom stereocenters. The van der Waals surface area contributed by atoms with Gasteiger partial charge in [0.15, 0.2) is 11.5 Å². The quantitative estimate of drug-likeness (QED) is 0.612. The van der Waals surface area contributed by atoms with Gasteiger partial charge in [0.05, 0.1) is 19.1 Å². The molecule has 1 aromatic rings. The Morgan fingerprint density at radius 3 is 2.60 bits per heavy atom. The van der Waals surface area contributed by atoms with Crippen molar-refractivity contribution in [3.63, 3.8) is 0 Å². The molecule has 1 aromatic carbocycles. The van der Waals surface area contributed by atoms with E-state index in [1.54, 1.807) is 27.2 Å². The van der Waals surface area contributed by atoms with Gasteiger partial charge in [-0.2, -0.15) is 0 Å². The number of nitro groups is 1. The molecule has 0 heterocycles. The van der Waals surface area contributed by atoms with Gasteiger partial charge in [0.2, 0.25) is 5.70 Å². The zero-order valence-corrected chi connectivity index (χ0v) is 12.1. The van der Waals surface area contributed by atoms with Crippen LogP contribution in [0.4, 0.5) is 0 Å². The average Bonchev–Trinajstić information content (AvgIpc) is 2.90. The Labute approximate surface area is 118 Å². The predicted octanol–water partition coefficient (Wildman–Crippen LogP) is 3.22. The van der Waals surface area contributed by atoms with Gasteiger partial charge in [-0.15, -0.1) is 0 Å². The molecule has 0 amide bonds. The SMILES string of the molecule is CC/C(=C\c1cc2c(c(OC)c1OC)CCC2)[N+](=O)[O-]. The first-order valence-electron chi connectivity index (χ1n) is 6.74. The van der Waals surface area contributed by atoms with Crippen LogP contribution in [0, 0.1) is 10.1 Å². The standard InChI is InChI=1S/C15H19NO4/c1-4-12(16(17)18)9-11-8-10-6-5-7-13(10)15(20-3)14(11)19-2/h8-9H,4-7H2,1-3H3/b12-9+. The van der Waals surface area contributed by atoms with Crippen molar-refractivity contribution in [2.75, 3.05) is 14.2 Å². The van der Waals surface area contributed by atoms with Gasteiger partial charge in [0.1, 0.15) is 0 Å². The normalized spacial score (nSPS) is 14.1. The Balaban J connectivity index is 2.61. The summed E-state index contributed by atoms with van der Waals surface area (Å²) in [5, 5.41) is 11.0. The molecule has 0 unspecified atom stereocenters. The van der Waals surface area contributed by atoms with E-state index in [0.717, 1.165) is 24.8 Å². The molecule has 0 N–H and O–H groups in total. The van der Waals surface area contributed by atoms with Crippen molar-refractivity contribution in [1.82, 2.24) is 0 Å². The van der Waals surface area contributed by atoms with E-state index in [9.17, 15) is 10.1 Å². The maximum absolute atomic E-state index is 11.0. The molecular weight excluding hydrogens is 258 g/mol. The molecule has 5 heteroatoms. The fraction of sp³-hybridized carbons (Fsp3) is 0.467. The van der Waals surface area contributed by atoms with Gasteiger partial charge in [0.25, 0.3) is 0 Å². The summed E-state index contributed by atoms with van der Waals surface area (Å²) in [5.74, 6) is 1.30. The van der Waals surface area contributed by atoms with Gasteiger partial charge in [0, 0.05) is 23.6 Å². The molecule has 20 heavy (non-hydrogen) atoms. The Morgan fingerprint density at radius 1 is 1.35 bits per heavy atom. The third-order valence-corrected chi connectivity index (χ3v) is 3.66. The second-order valence-electron chi connectivity index (χ2n) is 4.77. The molecule has 1 aliphatic rings. The average molecular weight is 277 g/mol. The minimum Gasteiger partial charge on any atom is -0.493 e. The molecule has 108 valence electrons. The van der Waals surface area contributed by atoms with Gasteiger partial charge < -0.3 is 9.47 Å². The molecule has 0 fully saturated rings. The molecule has 0 spiro atoms. The minimum atomic E-state index is -0.348. The minimum absolute atomic E-state index is 0.170. The van der Waals surface area contributed by atoms with Crippen LogP contribution in [0.1, 0.15) is 36.5 Å². The van der Waals surface area contributed by atoms with Crippen molar-refractivity contribution >= 4 is 6.08 Å². The van der Waals surface area contributed by atoms with Crippen molar-refractivity contribution in [3.8, 4) is 11.5 Å². The Hall–Kier alpha value is -2.04. The number of ether oxygens (including phenoxy) is 2. The smallest absolute Gasteiger partial charge is 0.246 e. The van der Waals surface area contributed by atoms with Gasteiger partial charge in [-0.05, 0) is 30.9 Å². The van der Waals surface area contributed by atoms with Crippen LogP contribution in [0.3, 0.4) is 0 Å². The maximum atomic E-state index is 11.0. The van der Waals surface area contributed by atoms with Crippen LogP contribution in [-0.2, 0) is 12.8 Å². The molecule has 0 radical (unpaired) electrons. The monoisotopic (exact) mass is 277 g/mol. The highest BCUT2D eigenvalue weighted by Gasteiger charge is 2.23. The van der Waals surface area contributed by atoms with Crippen LogP contribution in [0.25, 0.3) is 6.08 Å². The van der Waals surface area contributed by atoms with E-state index in [0.29, 0.717) is 17.9 Å². The molecule has 5 nitrogen and oxygen atoms in total. The highest BCUT2D eigenvalue weighted by Crippen LogP contribution is 2.42. The molecule has 1 aliphatic carbocycles. The number of hydrogen-bond acceptors (Lipinski definition) is 4. The largest absolute Gasteiger partial charge is 0.493 e. The van der Waals surface area contributed by atoms with Crippen LogP contribution in [0.2, 0.25) is 0 Å². The number of hydrogen-bond donors (Lipinski definition) is 0. The molecular formula is C15H19NO4. The van der Waals surface area contributed by atoms with E-state index in [2.05, 4.69) is 0 Å². The van der Waals surface area contributed by atoms with Crippen LogP contribution in [0.5, 0.6) is 11.5 Å². The zero-order chi connectivity index (χ0) is 14.7. The number of nitrogens with zero attached hydrogens (tertiary/aromatic N) is 1. The number of benzene rings is 1. The van der Waals surface area contributed by atoms with Gasteiger partial charge in [-0.1, -0.05) is 6.92 Å². The van der Waals surface area contributed by atoms with Crippen LogP contribution < -0.4 is 9.47 Å². The second-order valence-corrected chi connectivity index (χ2v) is 4.77. The first-order valence-corrected chi connectivity index (χ1v) is 6.74. The van der Waals surface area contributed by atoms with Crippen molar-refractivity contribution in [1.29, 1.82) is 0 Å². The summed E-state index contributed by atoms with van der Waals surface area (Å²) < 4.78 is 10.9. The first kappa shape index (κ1) is 14.4. The van der Waals surface area contributed by atoms with E-state index in [1.807, 2.05) is 6.07 Å². The molecule has 2 rings (SSSR count). The van der Waals surface area contributed by atoms with Crippen molar-refractivity contribution in [3.05, 3.63) is 38.6 Å². The number of methoxy groups -OCH3 is 2. The fourth-order valence-corrected chi connectivity index (χ4v) is 2.70. The lowest BCUT2D eigenvalue weighted by Crippen LogP contribution is -2.01. The zero-order valence-electron chi connectivity index (χ0n) is 12.1. The van der Waals surface area contributed by atoms with E-state index in [4.69, 9.17) is 9.47 Å². The van der Waals surface area contributed by atoms with Crippen LogP contribution in [-0.4, -0.2) is 19.1 Å². The van der Waals surface area contributed by atoms with Gasteiger partial charge in [-0.25, -0.2) is 0 Å². The summed E-state index contributed by atoms with van der Waals surface area (Å²) in [7, 11) is 3.17. The van der Waals surface area contributed by atoms with Crippen LogP contribution >= 0.6 is 0 Å². The number of rotatable bonds is 5. The molecule has 0 saturated carbocycles. The molecule has 0 aliphatic heterocycles. The maximum Gasteiger partial charge on any atom is 0.246 e. The molecule has 0 bridgehead atoms. The summed E-state index contributed by atoms with van der Waals surface area (Å²) >= 11 is 0. The predicted molar refractivity (Wildman–Crippen MR) is 76.8 cm³/mol. The van der Waals surface area contributed by atoms with Crippen molar-refractivity contribution in [2.24, 2.45) is 0 Å². The van der Waals surface area contributed by atoms with Crippen molar-refractivity contribution in [2.45, 2.75) is 32.6 Å². The fourth-order valence-electron chi connectivity index (χ4n) is 2.70. The Morgan fingerprint density at radius 2 is 2.05 bits per heavy atom. The van der Waals surface area contributed by atoms with Crippen LogP contribution in [0.15, 0.2) is 11.8 Å². The lowest BCUT2D eigenvalue weighted by atomic mass is 10.0. The van der Waals surface area contributed by atoms with Gasteiger partial charge in [-0.3, -0.25) is 10.1 Å². The third kappa shape index (κ3) is 2.48. The highest BCUT2D eigenvalue weighted by molar-refractivity contribution is 5.68. The highest BCUT2D eigenvalue weighted by atomic mass is 16.6. The van der Waals surface area contributed by atoms with E-state index in [-0.39, 0.29) is 10.6 Å². The summed E-state index contributed by atoms with van der Waals surface area (Å²) in [6, 6.07) is 1.99. The van der Waals surface area contributed by atoms with E-state index < -0.39 is 0 Å². The molecule has 0 aromatic heterocycles. The lowest BCUT2D eigenvalue weighted by molar-refractivity contribution is -0.425. The molecule has 0 saturated heterocycles. The topological polar surface area (TPSA) is 61.6 Å². The first-order chi connectivity index (χ1) is 9.62. The second kappa shape index (κ2) is 5.94. The van der Waals surface area contributed by atoms with E-state index in [1.165, 1.54) is 11.1 Å². The summed E-state index contributed by atoms with van der Waals surface area (Å²) in [6.45, 7) is 1.77. The Bertz CT molecular complexity index is 563. The van der Waals surface area contributed by atoms with Gasteiger partial charge >= 0.3 is 0 Å². The van der Waals surface area contributed by atoms with E-state index >= 15 is 0 Å². The Kier molecular flexibility index (Phi) is 4.27. The summed E-state index contributed by atoms with van der Waals surface area (Å²) in [5.41, 5.74) is 3.26.